The third-order valence-corrected chi connectivity index (χ3v) is 2.84. The molecule has 0 fully saturated rings. The summed E-state index contributed by atoms with van der Waals surface area (Å²) in [5, 5.41) is 12.9. The van der Waals surface area contributed by atoms with Crippen LogP contribution in [0.3, 0.4) is 0 Å². The minimum absolute atomic E-state index is 0.344. The van der Waals surface area contributed by atoms with Crippen LogP contribution in [0.15, 0.2) is 41.1 Å². The molecule has 0 aliphatic rings. The molecular formula is C13H8FNS. The number of thiophene rings is 1. The van der Waals surface area contributed by atoms with E-state index >= 15 is 0 Å². The Kier molecular flexibility index (Phi) is 3.13. The van der Waals surface area contributed by atoms with E-state index in [0.717, 1.165) is 5.56 Å². The average Bonchev–Trinajstić information content (AvgIpc) is 2.80. The second kappa shape index (κ2) is 4.73. The Morgan fingerprint density at radius 2 is 2.12 bits per heavy atom. The molecule has 0 aliphatic carbocycles. The average molecular weight is 229 g/mol. The largest absolute Gasteiger partial charge is 0.206 e. The quantitative estimate of drug-likeness (QED) is 0.715. The van der Waals surface area contributed by atoms with E-state index in [2.05, 4.69) is 0 Å². The van der Waals surface area contributed by atoms with Crippen LogP contribution < -0.4 is 0 Å². The van der Waals surface area contributed by atoms with E-state index in [1.54, 1.807) is 35.6 Å². The lowest BCUT2D eigenvalue weighted by Gasteiger charge is -1.99. The summed E-state index contributed by atoms with van der Waals surface area (Å²) in [6.07, 6.45) is 1.69. The van der Waals surface area contributed by atoms with Crippen LogP contribution in [0.5, 0.6) is 0 Å². The predicted octanol–water partition coefficient (Wildman–Crippen LogP) is 3.95. The number of allylic oxidation sites excluding steroid dienone is 1. The predicted molar refractivity (Wildman–Crippen MR) is 64.2 cm³/mol. The van der Waals surface area contributed by atoms with Crippen LogP contribution in [0.1, 0.15) is 11.1 Å². The summed E-state index contributed by atoms with van der Waals surface area (Å²) in [6, 6.07) is 10.2. The Balaban J connectivity index is 2.46. The van der Waals surface area contributed by atoms with Gasteiger partial charge in [-0.05, 0) is 34.5 Å². The van der Waals surface area contributed by atoms with Gasteiger partial charge in [0.15, 0.2) is 0 Å². The number of nitriles is 1. The molecule has 1 heterocycles. The Bertz CT molecular complexity index is 550. The molecule has 1 aromatic carbocycles. The highest BCUT2D eigenvalue weighted by atomic mass is 32.1. The molecule has 0 N–H and O–H groups in total. The van der Waals surface area contributed by atoms with E-state index in [9.17, 15) is 4.39 Å². The van der Waals surface area contributed by atoms with Gasteiger partial charge in [-0.2, -0.15) is 16.6 Å². The Labute approximate surface area is 97.1 Å². The lowest BCUT2D eigenvalue weighted by atomic mass is 10.0. The van der Waals surface area contributed by atoms with Gasteiger partial charge in [0.25, 0.3) is 0 Å². The molecule has 0 saturated heterocycles. The van der Waals surface area contributed by atoms with E-state index in [-0.39, 0.29) is 5.82 Å². The molecule has 0 radical (unpaired) electrons. The van der Waals surface area contributed by atoms with Crippen LogP contribution in [0.4, 0.5) is 4.39 Å². The third kappa shape index (κ3) is 2.18. The van der Waals surface area contributed by atoms with Crippen molar-refractivity contribution in [1.29, 1.82) is 5.26 Å². The monoisotopic (exact) mass is 229 g/mol. The molecule has 1 aromatic heterocycles. The molecule has 1 nitrogen and oxygen atoms in total. The molecule has 0 atom stereocenters. The lowest BCUT2D eigenvalue weighted by Crippen LogP contribution is -1.86. The van der Waals surface area contributed by atoms with Gasteiger partial charge in [0.05, 0.1) is 11.6 Å². The minimum atomic E-state index is -0.370. The molecule has 0 aliphatic heterocycles. The third-order valence-electron chi connectivity index (χ3n) is 2.14. The number of halogens is 1. The van der Waals surface area contributed by atoms with Gasteiger partial charge in [-0.15, -0.1) is 0 Å². The summed E-state index contributed by atoms with van der Waals surface area (Å²) in [6.45, 7) is 0. The van der Waals surface area contributed by atoms with Crippen LogP contribution in [0.2, 0.25) is 0 Å². The standard InChI is InChI=1S/C13H8FNS/c14-13-4-2-1-3-12(13)11(8-15)7-10-5-6-16-9-10/h1-7,9H. The second-order valence-electron chi connectivity index (χ2n) is 3.21. The second-order valence-corrected chi connectivity index (χ2v) is 3.99. The zero-order chi connectivity index (χ0) is 11.4. The minimum Gasteiger partial charge on any atom is -0.206 e. The van der Waals surface area contributed by atoms with Crippen LogP contribution in [-0.2, 0) is 0 Å². The molecule has 0 bridgehead atoms. The van der Waals surface area contributed by atoms with E-state index in [1.807, 2.05) is 22.9 Å². The van der Waals surface area contributed by atoms with E-state index < -0.39 is 0 Å². The molecule has 0 unspecified atom stereocenters. The van der Waals surface area contributed by atoms with Gasteiger partial charge in [0, 0.05) is 5.56 Å². The van der Waals surface area contributed by atoms with Crippen molar-refractivity contribution in [3.8, 4) is 6.07 Å². The molecular weight excluding hydrogens is 221 g/mol. The van der Waals surface area contributed by atoms with Gasteiger partial charge in [-0.25, -0.2) is 4.39 Å². The summed E-state index contributed by atoms with van der Waals surface area (Å²) >= 11 is 1.54. The SMILES string of the molecule is N#CC(=Cc1ccsc1)c1ccccc1F. The van der Waals surface area contributed by atoms with Crippen molar-refractivity contribution in [2.24, 2.45) is 0 Å². The van der Waals surface area contributed by atoms with Crippen LogP contribution in [0.25, 0.3) is 11.6 Å². The summed E-state index contributed by atoms with van der Waals surface area (Å²) < 4.78 is 13.5. The van der Waals surface area contributed by atoms with Gasteiger partial charge >= 0.3 is 0 Å². The molecule has 78 valence electrons. The van der Waals surface area contributed by atoms with Crippen LogP contribution >= 0.6 is 11.3 Å². The summed E-state index contributed by atoms with van der Waals surface area (Å²) in [5.41, 5.74) is 1.61. The van der Waals surface area contributed by atoms with Gasteiger partial charge in [-0.3, -0.25) is 0 Å². The normalized spacial score (nSPS) is 11.1. The molecule has 0 spiro atoms. The fraction of sp³-hybridized carbons (Fsp3) is 0. The topological polar surface area (TPSA) is 23.8 Å². The molecule has 2 rings (SSSR count). The van der Waals surface area contributed by atoms with E-state index in [1.165, 1.54) is 6.07 Å². The first-order chi connectivity index (χ1) is 7.81. The van der Waals surface area contributed by atoms with Crippen LogP contribution in [0, 0.1) is 17.1 Å². The molecule has 16 heavy (non-hydrogen) atoms. The van der Waals surface area contributed by atoms with E-state index in [4.69, 9.17) is 5.26 Å². The lowest BCUT2D eigenvalue weighted by molar-refractivity contribution is 0.624. The summed E-state index contributed by atoms with van der Waals surface area (Å²) in [7, 11) is 0. The first-order valence-corrected chi connectivity index (χ1v) is 5.64. The molecule has 3 heteroatoms. The molecule has 2 aromatic rings. The van der Waals surface area contributed by atoms with E-state index in [0.29, 0.717) is 11.1 Å². The molecule has 0 saturated carbocycles. The first kappa shape index (κ1) is 10.6. The van der Waals surface area contributed by atoms with Crippen molar-refractivity contribution in [3.05, 3.63) is 58.0 Å². The van der Waals surface area contributed by atoms with Crippen molar-refractivity contribution in [1.82, 2.24) is 0 Å². The van der Waals surface area contributed by atoms with Gasteiger partial charge in [0.2, 0.25) is 0 Å². The van der Waals surface area contributed by atoms with Gasteiger partial charge < -0.3 is 0 Å². The Hall–Kier alpha value is -1.92. The fourth-order valence-corrected chi connectivity index (χ4v) is 1.99. The zero-order valence-electron chi connectivity index (χ0n) is 8.35. The molecule has 0 amide bonds. The maximum atomic E-state index is 13.5. The number of nitrogens with zero attached hydrogens (tertiary/aromatic N) is 1. The van der Waals surface area contributed by atoms with Crippen molar-refractivity contribution < 1.29 is 4.39 Å². The summed E-state index contributed by atoms with van der Waals surface area (Å²) in [4.78, 5) is 0. The van der Waals surface area contributed by atoms with Crippen molar-refractivity contribution in [2.75, 3.05) is 0 Å². The van der Waals surface area contributed by atoms with Crippen molar-refractivity contribution >= 4 is 23.0 Å². The summed E-state index contributed by atoms with van der Waals surface area (Å²) in [5.74, 6) is -0.370. The van der Waals surface area contributed by atoms with Gasteiger partial charge in [-0.1, -0.05) is 18.2 Å². The maximum absolute atomic E-state index is 13.5. The van der Waals surface area contributed by atoms with Crippen molar-refractivity contribution in [3.63, 3.8) is 0 Å². The first-order valence-electron chi connectivity index (χ1n) is 4.70. The van der Waals surface area contributed by atoms with Gasteiger partial charge in [0.1, 0.15) is 5.82 Å². The highest BCUT2D eigenvalue weighted by molar-refractivity contribution is 7.08. The number of benzene rings is 1. The Morgan fingerprint density at radius 3 is 2.75 bits per heavy atom. The highest BCUT2D eigenvalue weighted by Crippen LogP contribution is 2.21. The zero-order valence-corrected chi connectivity index (χ0v) is 9.17. The van der Waals surface area contributed by atoms with Crippen molar-refractivity contribution in [2.45, 2.75) is 0 Å². The highest BCUT2D eigenvalue weighted by Gasteiger charge is 2.06. The van der Waals surface area contributed by atoms with Crippen LogP contribution in [-0.4, -0.2) is 0 Å². The number of rotatable bonds is 2. The Morgan fingerprint density at radius 1 is 1.31 bits per heavy atom. The smallest absolute Gasteiger partial charge is 0.131 e. The fourth-order valence-electron chi connectivity index (χ4n) is 1.37. The number of hydrogen-bond acceptors (Lipinski definition) is 2. The number of hydrogen-bond donors (Lipinski definition) is 0. The maximum Gasteiger partial charge on any atom is 0.131 e.